The third-order valence-electron chi connectivity index (χ3n) is 2.16. The van der Waals surface area contributed by atoms with E-state index in [4.69, 9.17) is 10.2 Å². The van der Waals surface area contributed by atoms with E-state index >= 15 is 0 Å². The molecule has 2 unspecified atom stereocenters. The summed E-state index contributed by atoms with van der Waals surface area (Å²) < 4.78 is 0. The molecule has 0 saturated heterocycles. The Labute approximate surface area is 86.1 Å². The van der Waals surface area contributed by atoms with Gasteiger partial charge in [0.1, 0.15) is 5.78 Å². The number of carbonyl (C=O) groups excluding carboxylic acids is 1. The molecule has 0 radical (unpaired) electrons. The minimum atomic E-state index is -0.305. The Balaban J connectivity index is 3.28. The second-order valence-corrected chi connectivity index (χ2v) is 4.02. The second kappa shape index (κ2) is 7.94. The van der Waals surface area contributed by atoms with Crippen molar-refractivity contribution in [3.8, 4) is 0 Å². The first-order valence-electron chi connectivity index (χ1n) is 5.40. The lowest BCUT2D eigenvalue weighted by atomic mass is 10.1. The fourth-order valence-electron chi connectivity index (χ4n) is 1.31. The summed E-state index contributed by atoms with van der Waals surface area (Å²) in [6.45, 7) is 3.47. The van der Waals surface area contributed by atoms with Crippen molar-refractivity contribution in [1.82, 2.24) is 0 Å². The van der Waals surface area contributed by atoms with E-state index < -0.39 is 0 Å². The molecule has 0 aromatic rings. The highest BCUT2D eigenvalue weighted by Crippen LogP contribution is 2.06. The molecule has 0 bridgehead atoms. The van der Waals surface area contributed by atoms with Crippen molar-refractivity contribution >= 4 is 5.78 Å². The summed E-state index contributed by atoms with van der Waals surface area (Å²) in [5.41, 5.74) is 0. The molecule has 0 aliphatic carbocycles. The quantitative estimate of drug-likeness (QED) is 0.629. The SMILES string of the molecule is CC(O)CCCC(=O)CCCC(C)O. The molecule has 0 saturated carbocycles. The Kier molecular flexibility index (Phi) is 7.71. The molecule has 0 amide bonds. The van der Waals surface area contributed by atoms with Crippen molar-refractivity contribution in [2.45, 2.75) is 64.6 Å². The highest BCUT2D eigenvalue weighted by molar-refractivity contribution is 5.78. The van der Waals surface area contributed by atoms with Gasteiger partial charge in [0, 0.05) is 12.8 Å². The lowest BCUT2D eigenvalue weighted by molar-refractivity contribution is -0.119. The largest absolute Gasteiger partial charge is 0.393 e. The van der Waals surface area contributed by atoms with Crippen molar-refractivity contribution < 1.29 is 15.0 Å². The van der Waals surface area contributed by atoms with Gasteiger partial charge in [0.2, 0.25) is 0 Å². The molecule has 0 aromatic heterocycles. The fourth-order valence-corrected chi connectivity index (χ4v) is 1.31. The lowest BCUT2D eigenvalue weighted by Gasteiger charge is -2.04. The van der Waals surface area contributed by atoms with E-state index in [0.717, 1.165) is 12.8 Å². The van der Waals surface area contributed by atoms with Gasteiger partial charge in [-0.25, -0.2) is 0 Å². The molecule has 0 aromatic carbocycles. The number of Topliss-reactive ketones (excluding diaryl/α,β-unsaturated/α-hetero) is 1. The molecule has 0 heterocycles. The minimum Gasteiger partial charge on any atom is -0.393 e. The van der Waals surface area contributed by atoms with Crippen LogP contribution in [0, 0.1) is 0 Å². The first-order chi connectivity index (χ1) is 6.52. The molecular formula is C11H22O3. The Bertz CT molecular complexity index is 137. The summed E-state index contributed by atoms with van der Waals surface area (Å²) in [5, 5.41) is 17.9. The Morgan fingerprint density at radius 1 is 1.00 bits per heavy atom. The van der Waals surface area contributed by atoms with E-state index in [1.54, 1.807) is 13.8 Å². The van der Waals surface area contributed by atoms with E-state index in [-0.39, 0.29) is 18.0 Å². The van der Waals surface area contributed by atoms with Crippen LogP contribution < -0.4 is 0 Å². The lowest BCUT2D eigenvalue weighted by Crippen LogP contribution is -2.05. The van der Waals surface area contributed by atoms with E-state index in [2.05, 4.69) is 0 Å². The number of hydrogen-bond acceptors (Lipinski definition) is 3. The molecular weight excluding hydrogens is 180 g/mol. The van der Waals surface area contributed by atoms with Crippen molar-refractivity contribution in [3.05, 3.63) is 0 Å². The van der Waals surface area contributed by atoms with Crippen LogP contribution in [-0.4, -0.2) is 28.2 Å². The van der Waals surface area contributed by atoms with Gasteiger partial charge >= 0.3 is 0 Å². The predicted octanol–water partition coefficient (Wildman–Crippen LogP) is 1.66. The predicted molar refractivity (Wildman–Crippen MR) is 56.1 cm³/mol. The average molecular weight is 202 g/mol. The van der Waals surface area contributed by atoms with Crippen LogP contribution in [-0.2, 0) is 4.79 Å². The van der Waals surface area contributed by atoms with Crippen LogP contribution in [0.2, 0.25) is 0 Å². The average Bonchev–Trinajstić information content (AvgIpc) is 2.02. The van der Waals surface area contributed by atoms with Gasteiger partial charge in [0.25, 0.3) is 0 Å². The van der Waals surface area contributed by atoms with E-state index in [9.17, 15) is 4.79 Å². The van der Waals surface area contributed by atoms with Gasteiger partial charge in [0.15, 0.2) is 0 Å². The standard InChI is InChI=1S/C11H22O3/c1-9(12)5-3-7-11(14)8-4-6-10(2)13/h9-10,12-13H,3-8H2,1-2H3. The van der Waals surface area contributed by atoms with Gasteiger partial charge in [-0.05, 0) is 39.5 Å². The van der Waals surface area contributed by atoms with Crippen LogP contribution in [0.5, 0.6) is 0 Å². The zero-order valence-electron chi connectivity index (χ0n) is 9.20. The second-order valence-electron chi connectivity index (χ2n) is 4.02. The van der Waals surface area contributed by atoms with Crippen LogP contribution in [0.25, 0.3) is 0 Å². The number of aliphatic hydroxyl groups excluding tert-OH is 2. The summed E-state index contributed by atoms with van der Waals surface area (Å²) in [7, 11) is 0. The Hall–Kier alpha value is -0.410. The normalized spacial score (nSPS) is 15.1. The third kappa shape index (κ3) is 9.68. The van der Waals surface area contributed by atoms with E-state index in [1.807, 2.05) is 0 Å². The van der Waals surface area contributed by atoms with Gasteiger partial charge in [-0.3, -0.25) is 4.79 Å². The first-order valence-corrected chi connectivity index (χ1v) is 5.40. The van der Waals surface area contributed by atoms with Gasteiger partial charge < -0.3 is 10.2 Å². The maximum atomic E-state index is 11.2. The van der Waals surface area contributed by atoms with Gasteiger partial charge in [0.05, 0.1) is 12.2 Å². The number of hydrogen-bond donors (Lipinski definition) is 2. The molecule has 84 valence electrons. The van der Waals surface area contributed by atoms with Crippen LogP contribution in [0.15, 0.2) is 0 Å². The number of ketones is 1. The molecule has 2 N–H and O–H groups in total. The molecule has 3 nitrogen and oxygen atoms in total. The molecule has 14 heavy (non-hydrogen) atoms. The number of rotatable bonds is 8. The number of carbonyl (C=O) groups is 1. The molecule has 2 atom stereocenters. The monoisotopic (exact) mass is 202 g/mol. The maximum Gasteiger partial charge on any atom is 0.132 e. The molecule has 0 aliphatic heterocycles. The summed E-state index contributed by atoms with van der Waals surface area (Å²) >= 11 is 0. The van der Waals surface area contributed by atoms with Crippen molar-refractivity contribution in [2.75, 3.05) is 0 Å². The highest BCUT2D eigenvalue weighted by atomic mass is 16.3. The number of aliphatic hydroxyl groups is 2. The molecule has 0 fully saturated rings. The maximum absolute atomic E-state index is 11.2. The van der Waals surface area contributed by atoms with Crippen LogP contribution in [0.3, 0.4) is 0 Å². The fraction of sp³-hybridized carbons (Fsp3) is 0.909. The van der Waals surface area contributed by atoms with Crippen LogP contribution in [0.4, 0.5) is 0 Å². The van der Waals surface area contributed by atoms with Gasteiger partial charge in [-0.1, -0.05) is 0 Å². The molecule has 0 spiro atoms. The summed E-state index contributed by atoms with van der Waals surface area (Å²) in [4.78, 5) is 11.2. The van der Waals surface area contributed by atoms with Gasteiger partial charge in [-0.2, -0.15) is 0 Å². The van der Waals surface area contributed by atoms with E-state index in [1.165, 1.54) is 0 Å². The Morgan fingerprint density at radius 3 is 1.64 bits per heavy atom. The van der Waals surface area contributed by atoms with Crippen LogP contribution >= 0.6 is 0 Å². The summed E-state index contributed by atoms with van der Waals surface area (Å²) in [5.74, 6) is 0.242. The van der Waals surface area contributed by atoms with Crippen LogP contribution in [0.1, 0.15) is 52.4 Å². The highest BCUT2D eigenvalue weighted by Gasteiger charge is 2.04. The molecule has 0 aliphatic rings. The van der Waals surface area contributed by atoms with Gasteiger partial charge in [-0.15, -0.1) is 0 Å². The summed E-state index contributed by atoms with van der Waals surface area (Å²) in [6, 6.07) is 0. The molecule has 3 heteroatoms. The zero-order valence-corrected chi connectivity index (χ0v) is 9.20. The topological polar surface area (TPSA) is 57.5 Å². The first kappa shape index (κ1) is 13.6. The third-order valence-corrected chi connectivity index (χ3v) is 2.16. The smallest absolute Gasteiger partial charge is 0.132 e. The van der Waals surface area contributed by atoms with Crippen molar-refractivity contribution in [3.63, 3.8) is 0 Å². The summed E-state index contributed by atoms with van der Waals surface area (Å²) in [6.07, 6.45) is 3.44. The molecule has 0 rings (SSSR count). The minimum absolute atomic E-state index is 0.242. The van der Waals surface area contributed by atoms with E-state index in [0.29, 0.717) is 25.7 Å². The Morgan fingerprint density at radius 2 is 1.36 bits per heavy atom. The van der Waals surface area contributed by atoms with Crippen molar-refractivity contribution in [2.24, 2.45) is 0 Å². The zero-order chi connectivity index (χ0) is 11.0. The van der Waals surface area contributed by atoms with Crippen molar-refractivity contribution in [1.29, 1.82) is 0 Å².